The van der Waals surface area contributed by atoms with Crippen LogP contribution in [0.2, 0.25) is 0 Å². The zero-order chi connectivity index (χ0) is 28.0. The maximum atomic E-state index is 13.5. The molecule has 2 atom stereocenters. The van der Waals surface area contributed by atoms with Crippen LogP contribution in [-0.2, 0) is 28.7 Å². The van der Waals surface area contributed by atoms with Gasteiger partial charge in [0, 0.05) is 11.1 Å². The number of amides is 2. The molecule has 2 aromatic carbocycles. The topological polar surface area (TPSA) is 169 Å². The van der Waals surface area contributed by atoms with Gasteiger partial charge >= 0.3 is 11.9 Å². The molecule has 2 aromatic rings. The summed E-state index contributed by atoms with van der Waals surface area (Å²) < 4.78 is 9.22. The van der Waals surface area contributed by atoms with Crippen molar-refractivity contribution in [1.82, 2.24) is 10.6 Å². The molecule has 200 valence electrons. The van der Waals surface area contributed by atoms with Crippen LogP contribution in [0.5, 0.6) is 0 Å². The van der Waals surface area contributed by atoms with Crippen molar-refractivity contribution in [3.8, 4) is 0 Å². The third kappa shape index (κ3) is 6.10. The molecule has 1 aliphatic rings. The molecule has 0 saturated heterocycles. The fraction of sp³-hybridized carbons (Fsp3) is 0.308. The van der Waals surface area contributed by atoms with Gasteiger partial charge in [-0.15, -0.1) is 0 Å². The van der Waals surface area contributed by atoms with Gasteiger partial charge in [-0.3, -0.25) is 39.4 Å². The van der Waals surface area contributed by atoms with Crippen LogP contribution in [0.3, 0.4) is 0 Å². The van der Waals surface area contributed by atoms with Crippen LogP contribution in [0.25, 0.3) is 0 Å². The molecule has 12 nitrogen and oxygen atoms in total. The quantitative estimate of drug-likeness (QED) is 0.276. The van der Waals surface area contributed by atoms with E-state index in [1.165, 1.54) is 52.3 Å². The van der Waals surface area contributed by atoms with Crippen molar-refractivity contribution in [2.45, 2.75) is 25.9 Å². The van der Waals surface area contributed by atoms with Gasteiger partial charge in [0.05, 0.1) is 49.8 Å². The van der Waals surface area contributed by atoms with Gasteiger partial charge in [-0.25, -0.2) is 0 Å². The number of hydrogen-bond donors (Lipinski definition) is 4. The standard InChI is InChI=1S/C26H28N4O8/c1-13(25(35)37-3)27-11-19(31)29-17-9-10-18(30-20(32)12-28-14(2)26(36)38-4)22-21(17)23(33)15-7-5-6-8-16(15)24(22)34/h5-10,13-14,27-28H,11-12H2,1-4H3,(H,29,31)(H,30,32)/t13-,14-/m1/s1. The Morgan fingerprint density at radius 2 is 1.05 bits per heavy atom. The zero-order valence-electron chi connectivity index (χ0n) is 21.3. The molecular formula is C26H28N4O8. The summed E-state index contributed by atoms with van der Waals surface area (Å²) in [5.74, 6) is -3.25. The van der Waals surface area contributed by atoms with E-state index in [0.717, 1.165) is 0 Å². The number of ether oxygens (including phenoxy) is 2. The molecule has 38 heavy (non-hydrogen) atoms. The fourth-order valence-electron chi connectivity index (χ4n) is 3.83. The van der Waals surface area contributed by atoms with Crippen LogP contribution in [-0.4, -0.2) is 74.7 Å². The van der Waals surface area contributed by atoms with Crippen LogP contribution in [0.4, 0.5) is 11.4 Å². The molecule has 12 heteroatoms. The second-order valence-corrected chi connectivity index (χ2v) is 8.46. The molecular weight excluding hydrogens is 496 g/mol. The third-order valence-corrected chi connectivity index (χ3v) is 5.87. The summed E-state index contributed by atoms with van der Waals surface area (Å²) in [6.07, 6.45) is 0. The van der Waals surface area contributed by atoms with Crippen LogP contribution in [0, 0.1) is 0 Å². The Morgan fingerprint density at radius 3 is 1.39 bits per heavy atom. The summed E-state index contributed by atoms with van der Waals surface area (Å²) in [7, 11) is 2.45. The van der Waals surface area contributed by atoms with Crippen LogP contribution < -0.4 is 21.3 Å². The van der Waals surface area contributed by atoms with E-state index in [1.54, 1.807) is 12.1 Å². The lowest BCUT2D eigenvalue weighted by molar-refractivity contribution is -0.143. The Bertz CT molecular complexity index is 1210. The van der Waals surface area contributed by atoms with Gasteiger partial charge in [-0.2, -0.15) is 0 Å². The van der Waals surface area contributed by atoms with E-state index in [2.05, 4.69) is 30.7 Å². The first-order valence-electron chi connectivity index (χ1n) is 11.7. The number of carbonyl (C=O) groups excluding carboxylic acids is 6. The first-order chi connectivity index (χ1) is 18.1. The number of methoxy groups -OCH3 is 2. The van der Waals surface area contributed by atoms with Gasteiger partial charge in [-0.05, 0) is 26.0 Å². The van der Waals surface area contributed by atoms with Gasteiger partial charge in [0.25, 0.3) is 0 Å². The molecule has 3 rings (SSSR count). The molecule has 0 aliphatic heterocycles. The SMILES string of the molecule is COC(=O)[C@@H](C)NCC(=O)Nc1ccc(NC(=O)CN[C@H](C)C(=O)OC)c2c1C(=O)c1ccccc1C2=O. The van der Waals surface area contributed by atoms with E-state index in [1.807, 2.05) is 0 Å². The van der Waals surface area contributed by atoms with E-state index >= 15 is 0 Å². The number of benzene rings is 2. The predicted octanol–water partition coefficient (Wildman–Crippen LogP) is 0.641. The summed E-state index contributed by atoms with van der Waals surface area (Å²) in [4.78, 5) is 75.2. The maximum absolute atomic E-state index is 13.5. The first-order valence-corrected chi connectivity index (χ1v) is 11.7. The Balaban J connectivity index is 1.90. The van der Waals surface area contributed by atoms with E-state index in [0.29, 0.717) is 0 Å². The van der Waals surface area contributed by atoms with Crippen LogP contribution >= 0.6 is 0 Å². The molecule has 0 aromatic heterocycles. The summed E-state index contributed by atoms with van der Waals surface area (Å²) in [6.45, 7) is 2.51. The monoisotopic (exact) mass is 524 g/mol. The lowest BCUT2D eigenvalue weighted by Crippen LogP contribution is -2.40. The molecule has 0 fully saturated rings. The highest BCUT2D eigenvalue weighted by Gasteiger charge is 2.34. The van der Waals surface area contributed by atoms with Crippen molar-refractivity contribution in [2.24, 2.45) is 0 Å². The van der Waals surface area contributed by atoms with E-state index in [9.17, 15) is 28.8 Å². The minimum atomic E-state index is -0.747. The molecule has 0 spiro atoms. The molecule has 0 bridgehead atoms. The van der Waals surface area contributed by atoms with Crippen LogP contribution in [0.1, 0.15) is 45.7 Å². The van der Waals surface area contributed by atoms with Gasteiger partial charge < -0.3 is 20.1 Å². The Kier molecular flexibility index (Phi) is 9.05. The van der Waals surface area contributed by atoms with Crippen molar-refractivity contribution in [3.05, 3.63) is 58.7 Å². The molecule has 0 saturated carbocycles. The maximum Gasteiger partial charge on any atom is 0.322 e. The number of nitrogens with one attached hydrogen (secondary N) is 4. The van der Waals surface area contributed by atoms with E-state index in [-0.39, 0.29) is 46.7 Å². The minimum Gasteiger partial charge on any atom is -0.468 e. The Labute approximate surface area is 218 Å². The third-order valence-electron chi connectivity index (χ3n) is 5.87. The van der Waals surface area contributed by atoms with Crippen molar-refractivity contribution >= 4 is 46.7 Å². The second kappa shape index (κ2) is 12.2. The van der Waals surface area contributed by atoms with Crippen molar-refractivity contribution < 1.29 is 38.2 Å². The predicted molar refractivity (Wildman–Crippen MR) is 136 cm³/mol. The molecule has 2 amide bonds. The average molecular weight is 525 g/mol. The van der Waals surface area contributed by atoms with Gasteiger partial charge in [0.1, 0.15) is 12.1 Å². The summed E-state index contributed by atoms with van der Waals surface area (Å²) in [6, 6.07) is 7.56. The number of ketones is 2. The highest BCUT2D eigenvalue weighted by atomic mass is 16.5. The Hall–Kier alpha value is -4.42. The smallest absolute Gasteiger partial charge is 0.322 e. The molecule has 0 radical (unpaired) electrons. The fourth-order valence-corrected chi connectivity index (χ4v) is 3.83. The number of carbonyl (C=O) groups is 6. The first kappa shape index (κ1) is 28.2. The second-order valence-electron chi connectivity index (χ2n) is 8.46. The Morgan fingerprint density at radius 1 is 0.684 bits per heavy atom. The normalized spacial score (nSPS) is 13.5. The van der Waals surface area contributed by atoms with Crippen molar-refractivity contribution in [2.75, 3.05) is 37.9 Å². The number of hydrogen-bond acceptors (Lipinski definition) is 10. The molecule has 0 heterocycles. The highest BCUT2D eigenvalue weighted by molar-refractivity contribution is 6.32. The summed E-state index contributed by atoms with van der Waals surface area (Å²) in [5.41, 5.74) is 0.320. The van der Waals surface area contributed by atoms with Crippen molar-refractivity contribution in [3.63, 3.8) is 0 Å². The number of anilines is 2. The van der Waals surface area contributed by atoms with Crippen molar-refractivity contribution in [1.29, 1.82) is 0 Å². The summed E-state index contributed by atoms with van der Waals surface area (Å²) in [5, 5.41) is 10.6. The summed E-state index contributed by atoms with van der Waals surface area (Å²) >= 11 is 0. The number of fused-ring (bicyclic) bond motifs is 2. The number of rotatable bonds is 10. The van der Waals surface area contributed by atoms with Gasteiger partial charge in [0.2, 0.25) is 11.8 Å². The number of esters is 2. The highest BCUT2D eigenvalue weighted by Crippen LogP contribution is 2.36. The van der Waals surface area contributed by atoms with Crippen LogP contribution in [0.15, 0.2) is 36.4 Å². The molecule has 0 unspecified atom stereocenters. The van der Waals surface area contributed by atoms with Gasteiger partial charge in [0.15, 0.2) is 11.6 Å². The average Bonchev–Trinajstić information content (AvgIpc) is 2.92. The zero-order valence-corrected chi connectivity index (χ0v) is 21.3. The largest absolute Gasteiger partial charge is 0.468 e. The lowest BCUT2D eigenvalue weighted by Gasteiger charge is -2.23. The van der Waals surface area contributed by atoms with E-state index < -0.39 is 47.4 Å². The lowest BCUT2D eigenvalue weighted by atomic mass is 9.82. The van der Waals surface area contributed by atoms with Gasteiger partial charge in [-0.1, -0.05) is 24.3 Å². The molecule has 1 aliphatic carbocycles. The van der Waals surface area contributed by atoms with E-state index in [4.69, 9.17) is 0 Å². The minimum absolute atomic E-state index is 0.0702. The molecule has 4 N–H and O–H groups in total.